The van der Waals surface area contributed by atoms with Gasteiger partial charge in [-0.3, -0.25) is 9.59 Å². The lowest BCUT2D eigenvalue weighted by atomic mass is 10.2. The first kappa shape index (κ1) is 12.0. The van der Waals surface area contributed by atoms with Crippen molar-refractivity contribution in [1.82, 2.24) is 0 Å². The fraction of sp³-hybridized carbons (Fsp3) is 0.714. The van der Waals surface area contributed by atoms with Gasteiger partial charge >= 0.3 is 0 Å². The molecule has 0 radical (unpaired) electrons. The van der Waals surface area contributed by atoms with Gasteiger partial charge in [0.2, 0.25) is 0 Å². The standard InChI is InChI=1S/C5H8O2.C2H6O/c1-3-5(7)4(2)6;1-2-3/h3H2,1-2H3;3H,2H2,1H3. The second kappa shape index (κ2) is 8.30. The number of aliphatic hydroxyl groups excluding tert-OH is 1. The molecular weight excluding hydrogens is 132 g/mol. The van der Waals surface area contributed by atoms with Crippen LogP contribution in [0.3, 0.4) is 0 Å². The van der Waals surface area contributed by atoms with Crippen LogP contribution in [0.15, 0.2) is 0 Å². The molecule has 1 N–H and O–H groups in total. The maximum atomic E-state index is 10.2. The van der Waals surface area contributed by atoms with Crippen LogP contribution in [0.25, 0.3) is 0 Å². The van der Waals surface area contributed by atoms with Crippen LogP contribution in [0.1, 0.15) is 27.2 Å². The van der Waals surface area contributed by atoms with E-state index in [2.05, 4.69) is 0 Å². The molecule has 0 amide bonds. The third-order valence-electron chi connectivity index (χ3n) is 0.714. The average Bonchev–Trinajstić information content (AvgIpc) is 1.88. The Balaban J connectivity index is 0. The zero-order valence-electron chi connectivity index (χ0n) is 6.68. The molecule has 3 heteroatoms. The number of hydrogen-bond acceptors (Lipinski definition) is 3. The van der Waals surface area contributed by atoms with Gasteiger partial charge in [0, 0.05) is 20.0 Å². The highest BCUT2D eigenvalue weighted by Crippen LogP contribution is 1.79. The zero-order chi connectivity index (χ0) is 8.57. The molecule has 0 bridgehead atoms. The molecule has 0 heterocycles. The lowest BCUT2D eigenvalue weighted by Gasteiger charge is -1.81. The summed E-state index contributed by atoms with van der Waals surface area (Å²) in [7, 11) is 0. The summed E-state index contributed by atoms with van der Waals surface area (Å²) in [6.45, 7) is 4.88. The van der Waals surface area contributed by atoms with E-state index in [1.807, 2.05) is 0 Å². The molecule has 0 unspecified atom stereocenters. The smallest absolute Gasteiger partial charge is 0.197 e. The monoisotopic (exact) mass is 146 g/mol. The highest BCUT2D eigenvalue weighted by molar-refractivity contribution is 6.36. The van der Waals surface area contributed by atoms with Crippen LogP contribution in [-0.2, 0) is 9.59 Å². The third-order valence-corrected chi connectivity index (χ3v) is 0.714. The summed E-state index contributed by atoms with van der Waals surface area (Å²) in [4.78, 5) is 20.2. The van der Waals surface area contributed by atoms with E-state index in [-0.39, 0.29) is 18.2 Å². The van der Waals surface area contributed by atoms with Gasteiger partial charge in [-0.05, 0) is 6.92 Å². The summed E-state index contributed by atoms with van der Waals surface area (Å²) in [5.41, 5.74) is 0. The van der Waals surface area contributed by atoms with Crippen molar-refractivity contribution in [3.8, 4) is 0 Å². The zero-order valence-corrected chi connectivity index (χ0v) is 6.68. The number of rotatable bonds is 2. The number of hydrogen-bond donors (Lipinski definition) is 1. The van der Waals surface area contributed by atoms with Crippen molar-refractivity contribution < 1.29 is 14.7 Å². The van der Waals surface area contributed by atoms with Gasteiger partial charge in [-0.2, -0.15) is 0 Å². The van der Waals surface area contributed by atoms with E-state index >= 15 is 0 Å². The Morgan fingerprint density at radius 2 is 1.60 bits per heavy atom. The van der Waals surface area contributed by atoms with Gasteiger partial charge in [-0.15, -0.1) is 0 Å². The van der Waals surface area contributed by atoms with Crippen molar-refractivity contribution in [2.45, 2.75) is 27.2 Å². The van der Waals surface area contributed by atoms with Crippen LogP contribution in [0, 0.1) is 0 Å². The topological polar surface area (TPSA) is 54.4 Å². The minimum absolute atomic E-state index is 0.250. The Kier molecular flexibility index (Phi) is 9.98. The number of Topliss-reactive ketones (excluding diaryl/α,β-unsaturated/α-hetero) is 2. The molecule has 0 aromatic carbocycles. The summed E-state index contributed by atoms with van der Waals surface area (Å²) < 4.78 is 0. The lowest BCUT2D eigenvalue weighted by molar-refractivity contribution is -0.135. The molecule has 0 atom stereocenters. The summed E-state index contributed by atoms with van der Waals surface area (Å²) in [6.07, 6.45) is 0.329. The number of carbonyl (C=O) groups excluding carboxylic acids is 2. The highest BCUT2D eigenvalue weighted by Gasteiger charge is 2.00. The van der Waals surface area contributed by atoms with Crippen molar-refractivity contribution in [3.63, 3.8) is 0 Å². The molecule has 10 heavy (non-hydrogen) atoms. The molecule has 0 spiro atoms. The Morgan fingerprint density at radius 3 is 1.60 bits per heavy atom. The van der Waals surface area contributed by atoms with Gasteiger partial charge in [0.25, 0.3) is 0 Å². The fourth-order valence-electron chi connectivity index (χ4n) is 0.249. The summed E-state index contributed by atoms with van der Waals surface area (Å²) >= 11 is 0. The molecule has 0 saturated carbocycles. The van der Waals surface area contributed by atoms with E-state index in [1.165, 1.54) is 6.92 Å². The Morgan fingerprint density at radius 1 is 1.30 bits per heavy atom. The molecule has 0 aliphatic carbocycles. The molecule has 0 aromatic heterocycles. The van der Waals surface area contributed by atoms with Crippen molar-refractivity contribution in [3.05, 3.63) is 0 Å². The lowest BCUT2D eigenvalue weighted by Crippen LogP contribution is -2.06. The van der Waals surface area contributed by atoms with Crippen LogP contribution in [0.5, 0.6) is 0 Å². The molecule has 0 aliphatic rings. The van der Waals surface area contributed by atoms with Crippen LogP contribution in [0.4, 0.5) is 0 Å². The molecule has 0 fully saturated rings. The van der Waals surface area contributed by atoms with Crippen molar-refractivity contribution in [2.24, 2.45) is 0 Å². The van der Waals surface area contributed by atoms with Gasteiger partial charge in [0.15, 0.2) is 11.6 Å². The summed E-state index contributed by atoms with van der Waals surface area (Å²) in [6, 6.07) is 0. The van der Waals surface area contributed by atoms with Crippen LogP contribution >= 0.6 is 0 Å². The van der Waals surface area contributed by atoms with E-state index in [0.717, 1.165) is 0 Å². The molecule has 60 valence electrons. The number of aliphatic hydroxyl groups is 1. The quantitative estimate of drug-likeness (QED) is 0.579. The molecule has 3 nitrogen and oxygen atoms in total. The predicted octanol–water partition coefficient (Wildman–Crippen LogP) is 0.553. The fourth-order valence-corrected chi connectivity index (χ4v) is 0.249. The highest BCUT2D eigenvalue weighted by atomic mass is 16.2. The van der Waals surface area contributed by atoms with Crippen molar-refractivity contribution in [2.75, 3.05) is 6.61 Å². The van der Waals surface area contributed by atoms with E-state index in [0.29, 0.717) is 6.42 Å². The van der Waals surface area contributed by atoms with E-state index in [9.17, 15) is 9.59 Å². The van der Waals surface area contributed by atoms with Crippen LogP contribution < -0.4 is 0 Å². The largest absolute Gasteiger partial charge is 0.397 e. The first-order valence-electron chi connectivity index (χ1n) is 3.24. The minimum atomic E-state index is -0.345. The van der Waals surface area contributed by atoms with E-state index in [1.54, 1.807) is 13.8 Å². The summed E-state index contributed by atoms with van der Waals surface area (Å²) in [5, 5.41) is 7.57. The average molecular weight is 146 g/mol. The van der Waals surface area contributed by atoms with Gasteiger partial charge < -0.3 is 5.11 Å². The molecule has 0 aromatic rings. The second-order valence-electron chi connectivity index (χ2n) is 1.65. The number of carbonyl (C=O) groups is 2. The van der Waals surface area contributed by atoms with Gasteiger partial charge in [-0.1, -0.05) is 6.92 Å². The van der Waals surface area contributed by atoms with Crippen LogP contribution in [-0.4, -0.2) is 23.3 Å². The molecular formula is C7H14O3. The summed E-state index contributed by atoms with van der Waals surface area (Å²) in [5.74, 6) is -0.637. The normalized spacial score (nSPS) is 7.60. The Hall–Kier alpha value is -0.700. The maximum absolute atomic E-state index is 10.2. The Labute approximate surface area is 61.1 Å². The Bertz CT molecular complexity index is 107. The molecule has 0 saturated heterocycles. The first-order chi connectivity index (χ1) is 4.59. The molecule has 0 rings (SSSR count). The maximum Gasteiger partial charge on any atom is 0.197 e. The predicted molar refractivity (Wildman–Crippen MR) is 38.7 cm³/mol. The minimum Gasteiger partial charge on any atom is -0.397 e. The van der Waals surface area contributed by atoms with Crippen LogP contribution in [0.2, 0.25) is 0 Å². The number of ketones is 2. The second-order valence-corrected chi connectivity index (χ2v) is 1.65. The van der Waals surface area contributed by atoms with E-state index in [4.69, 9.17) is 5.11 Å². The van der Waals surface area contributed by atoms with Crippen molar-refractivity contribution >= 4 is 11.6 Å². The van der Waals surface area contributed by atoms with E-state index < -0.39 is 0 Å². The van der Waals surface area contributed by atoms with Gasteiger partial charge in [0.05, 0.1) is 0 Å². The van der Waals surface area contributed by atoms with Crippen molar-refractivity contribution in [1.29, 1.82) is 0 Å². The van der Waals surface area contributed by atoms with Gasteiger partial charge in [-0.25, -0.2) is 0 Å². The first-order valence-corrected chi connectivity index (χ1v) is 3.24. The van der Waals surface area contributed by atoms with Gasteiger partial charge in [0.1, 0.15) is 0 Å². The molecule has 0 aliphatic heterocycles. The third kappa shape index (κ3) is 10.3. The SMILES string of the molecule is CCC(=O)C(C)=O.CCO.